The molecule has 0 heterocycles. The lowest BCUT2D eigenvalue weighted by atomic mass is 9.83. The zero-order chi connectivity index (χ0) is 10.1. The largest absolute Gasteiger partial charge is 0.110 e. The lowest BCUT2D eigenvalue weighted by molar-refractivity contribution is 0.556. The lowest BCUT2D eigenvalue weighted by Gasteiger charge is -2.35. The van der Waals surface area contributed by atoms with Gasteiger partial charge in [0.15, 0.2) is 0 Å². The smallest absolute Gasteiger partial charge is 0.00666 e. The maximum absolute atomic E-state index is 3.10. The van der Waals surface area contributed by atoms with Crippen LogP contribution in [0.3, 0.4) is 0 Å². The highest BCUT2D eigenvalue weighted by Gasteiger charge is 2.32. The molecule has 0 radical (unpaired) electrons. The van der Waals surface area contributed by atoms with Crippen molar-refractivity contribution in [3.05, 3.63) is 23.3 Å². The lowest BCUT2D eigenvalue weighted by Crippen LogP contribution is -2.21. The van der Waals surface area contributed by atoms with E-state index in [0.717, 1.165) is 19.5 Å². The molecule has 0 bridgehead atoms. The van der Waals surface area contributed by atoms with Crippen LogP contribution in [-0.2, 0) is 0 Å². The van der Waals surface area contributed by atoms with Gasteiger partial charge in [-0.2, -0.15) is 0 Å². The van der Waals surface area contributed by atoms with E-state index < -0.39 is 0 Å². The molecule has 0 aromatic heterocycles. The van der Waals surface area contributed by atoms with Crippen molar-refractivity contribution in [2.45, 2.75) is 31.8 Å². The minimum Gasteiger partial charge on any atom is -0.110 e. The van der Waals surface area contributed by atoms with E-state index in [2.05, 4.69) is 36.9 Å². The Morgan fingerprint density at radius 3 is 3.00 bits per heavy atom. The van der Waals surface area contributed by atoms with Crippen molar-refractivity contribution in [2.75, 3.05) is 0 Å². The van der Waals surface area contributed by atoms with E-state index in [4.69, 9.17) is 0 Å². The Hall–Kier alpha value is 1.20. The van der Waals surface area contributed by atoms with E-state index in [0.29, 0.717) is 0 Å². The summed E-state index contributed by atoms with van der Waals surface area (Å²) >= 11 is 0. The third kappa shape index (κ3) is 2.15. The zero-order valence-electron chi connectivity index (χ0n) is 8.53. The van der Waals surface area contributed by atoms with Gasteiger partial charge in [-0.05, 0) is 42.0 Å². The van der Waals surface area contributed by atoms with Gasteiger partial charge in [0.25, 0.3) is 0 Å². The fourth-order valence-electron chi connectivity index (χ4n) is 2.54. The van der Waals surface area contributed by atoms with Crippen LogP contribution in [0.2, 0.25) is 0 Å². The SMILES string of the molecule is C[C@H]1C2=CCC=C2CC[C@@H]1P(P)PP. The molecule has 0 saturated heterocycles. The maximum atomic E-state index is 3.10. The Bertz CT molecular complexity index is 282. The van der Waals surface area contributed by atoms with Gasteiger partial charge in [0.05, 0.1) is 0 Å². The molecule has 0 aromatic rings. The van der Waals surface area contributed by atoms with Gasteiger partial charge in [-0.25, -0.2) is 0 Å². The zero-order valence-corrected chi connectivity index (χ0v) is 12.7. The molecule has 0 aromatic carbocycles. The van der Waals surface area contributed by atoms with Gasteiger partial charge in [-0.3, -0.25) is 0 Å². The first-order valence-electron chi connectivity index (χ1n) is 5.13. The van der Waals surface area contributed by atoms with Gasteiger partial charge < -0.3 is 0 Å². The summed E-state index contributed by atoms with van der Waals surface area (Å²) in [6.07, 6.45) is 8.83. The number of allylic oxidation sites excluding steroid dienone is 4. The van der Waals surface area contributed by atoms with Crippen LogP contribution >= 0.6 is 33.1 Å². The fraction of sp³-hybridized carbons (Fsp3) is 0.600. The van der Waals surface area contributed by atoms with Crippen molar-refractivity contribution >= 4 is 33.1 Å². The van der Waals surface area contributed by atoms with E-state index in [1.807, 2.05) is 0 Å². The van der Waals surface area contributed by atoms with E-state index in [-0.39, 0.29) is 7.30 Å². The summed E-state index contributed by atoms with van der Waals surface area (Å²) in [7, 11) is 7.27. The first-order valence-corrected chi connectivity index (χ1v) is 11.8. The number of fused-ring (bicyclic) bond motifs is 1. The minimum atomic E-state index is 0.180. The molecule has 0 spiro atoms. The van der Waals surface area contributed by atoms with E-state index in [1.165, 1.54) is 19.3 Å². The highest BCUT2D eigenvalue weighted by Crippen LogP contribution is 2.72. The summed E-state index contributed by atoms with van der Waals surface area (Å²) in [5, 5.41) is 0. The second-order valence-corrected chi connectivity index (χ2v) is 13.7. The van der Waals surface area contributed by atoms with Gasteiger partial charge in [-0.15, -0.1) is 17.9 Å². The summed E-state index contributed by atoms with van der Waals surface area (Å²) in [5.41, 5.74) is 4.29. The van der Waals surface area contributed by atoms with Crippen LogP contribution < -0.4 is 0 Å². The van der Waals surface area contributed by atoms with Crippen LogP contribution in [0, 0.1) is 5.92 Å². The number of hydrogen-bond donors (Lipinski definition) is 0. The molecule has 0 N–H and O–H groups in total. The normalized spacial score (nSPS) is 34.2. The maximum Gasteiger partial charge on any atom is -0.00666 e. The molecule has 2 rings (SSSR count). The van der Waals surface area contributed by atoms with Gasteiger partial charge in [0.1, 0.15) is 0 Å². The molecule has 14 heavy (non-hydrogen) atoms. The predicted molar refractivity (Wildman–Crippen MR) is 77.6 cm³/mol. The molecule has 2 aliphatic rings. The third-order valence-electron chi connectivity index (χ3n) is 3.36. The van der Waals surface area contributed by atoms with Crippen molar-refractivity contribution in [3.63, 3.8) is 0 Å². The summed E-state index contributed by atoms with van der Waals surface area (Å²) in [6, 6.07) is 0. The first kappa shape index (κ1) is 11.7. The van der Waals surface area contributed by atoms with Gasteiger partial charge in [0, 0.05) is 0 Å². The highest BCUT2D eigenvalue weighted by atomic mass is 32.6. The predicted octanol–water partition coefficient (Wildman–Crippen LogP) is 4.70. The summed E-state index contributed by atoms with van der Waals surface area (Å²) in [5.74, 6) is 0.814. The molecule has 1 fully saturated rings. The topological polar surface area (TPSA) is 0 Å². The quantitative estimate of drug-likeness (QED) is 0.633. The molecule has 1 saturated carbocycles. The Labute approximate surface area is 94.4 Å². The van der Waals surface area contributed by atoms with Crippen LogP contribution in [0.4, 0.5) is 0 Å². The summed E-state index contributed by atoms with van der Waals surface area (Å²) in [6.45, 7) is 2.43. The molecular formula is C10H18P4. The van der Waals surface area contributed by atoms with Crippen LogP contribution in [0.1, 0.15) is 26.2 Å². The molecular weight excluding hydrogens is 244 g/mol. The monoisotopic (exact) mass is 262 g/mol. The van der Waals surface area contributed by atoms with Gasteiger partial charge in [0.2, 0.25) is 0 Å². The van der Waals surface area contributed by atoms with Crippen LogP contribution in [0.5, 0.6) is 0 Å². The van der Waals surface area contributed by atoms with Crippen LogP contribution in [0.15, 0.2) is 23.3 Å². The Morgan fingerprint density at radius 2 is 2.29 bits per heavy atom. The minimum absolute atomic E-state index is 0.180. The molecule has 0 nitrogen and oxygen atoms in total. The van der Waals surface area contributed by atoms with Crippen LogP contribution in [0.25, 0.3) is 0 Å². The average molecular weight is 262 g/mol. The Morgan fingerprint density at radius 1 is 1.50 bits per heavy atom. The number of rotatable bonds is 2. The van der Waals surface area contributed by atoms with Crippen molar-refractivity contribution < 1.29 is 0 Å². The molecule has 6 atom stereocenters. The summed E-state index contributed by atoms with van der Waals surface area (Å²) in [4.78, 5) is 0. The standard InChI is InChI=1S/C10H18P4/c1-7-9-4-2-3-8(9)5-6-10(7)14(12)13-11/h3-4,7,10,13H,2,5-6,11-12H2,1H3/t7-,10-,14?/m0/s1. The first-order chi connectivity index (χ1) is 6.74. The molecule has 4 heteroatoms. The number of hydrogen-bond acceptors (Lipinski definition) is 0. The summed E-state index contributed by atoms with van der Waals surface area (Å²) < 4.78 is 0. The third-order valence-corrected chi connectivity index (χ3v) is 14.8. The molecule has 0 aliphatic heterocycles. The molecule has 0 amide bonds. The van der Waals surface area contributed by atoms with E-state index >= 15 is 0 Å². The van der Waals surface area contributed by atoms with Gasteiger partial charge >= 0.3 is 0 Å². The molecule has 2 aliphatic carbocycles. The Balaban J connectivity index is 2.14. The highest BCUT2D eigenvalue weighted by molar-refractivity contribution is 8.61. The average Bonchev–Trinajstić information content (AvgIpc) is 2.66. The van der Waals surface area contributed by atoms with E-state index in [9.17, 15) is 0 Å². The van der Waals surface area contributed by atoms with Crippen molar-refractivity contribution in [3.8, 4) is 0 Å². The Kier molecular flexibility index (Phi) is 4.19. The molecule has 78 valence electrons. The second kappa shape index (κ2) is 5.02. The van der Waals surface area contributed by atoms with Crippen molar-refractivity contribution in [1.82, 2.24) is 0 Å². The van der Waals surface area contributed by atoms with E-state index in [1.54, 1.807) is 11.1 Å². The van der Waals surface area contributed by atoms with Gasteiger partial charge in [-0.1, -0.05) is 34.3 Å². The van der Waals surface area contributed by atoms with Crippen molar-refractivity contribution in [2.24, 2.45) is 5.92 Å². The fourth-order valence-corrected chi connectivity index (χ4v) is 8.36. The van der Waals surface area contributed by atoms with Crippen molar-refractivity contribution in [1.29, 1.82) is 0 Å². The van der Waals surface area contributed by atoms with Crippen LogP contribution in [-0.4, -0.2) is 5.66 Å². The second-order valence-electron chi connectivity index (χ2n) is 4.06. The molecule has 4 unspecified atom stereocenters.